The number of hydrogen-bond acceptors (Lipinski definition) is 2. The highest BCUT2D eigenvalue weighted by atomic mass is 32.1. The van der Waals surface area contributed by atoms with E-state index in [4.69, 9.17) is 0 Å². The second-order valence-electron chi connectivity index (χ2n) is 4.65. The minimum absolute atomic E-state index is 0.962. The topological polar surface area (TPSA) is 0 Å². The van der Waals surface area contributed by atoms with Gasteiger partial charge in [0.2, 0.25) is 0 Å². The fraction of sp³-hybridized carbons (Fsp3) is 0. The van der Waals surface area contributed by atoms with Crippen LogP contribution in [-0.2, 0) is 0 Å². The number of benzene rings is 3. The minimum atomic E-state index is 0.962. The SMILES string of the molecule is Sc1cccc(-c2cc(S)ccc2-c2ccccc2)c1. The van der Waals surface area contributed by atoms with Crippen LogP contribution in [0.3, 0.4) is 0 Å². The lowest BCUT2D eigenvalue weighted by Crippen LogP contribution is -1.86. The van der Waals surface area contributed by atoms with Crippen molar-refractivity contribution in [1.29, 1.82) is 0 Å². The summed E-state index contributed by atoms with van der Waals surface area (Å²) in [6.07, 6.45) is 0. The van der Waals surface area contributed by atoms with E-state index in [0.717, 1.165) is 15.4 Å². The molecule has 0 radical (unpaired) electrons. The Kier molecular flexibility index (Phi) is 3.86. The van der Waals surface area contributed by atoms with Gasteiger partial charge in [-0.15, -0.1) is 25.3 Å². The largest absolute Gasteiger partial charge is 0.143 e. The lowest BCUT2D eigenvalue weighted by molar-refractivity contribution is 1.43. The predicted octanol–water partition coefficient (Wildman–Crippen LogP) is 5.60. The van der Waals surface area contributed by atoms with Gasteiger partial charge in [0, 0.05) is 9.79 Å². The molecule has 98 valence electrons. The van der Waals surface area contributed by atoms with E-state index >= 15 is 0 Å². The van der Waals surface area contributed by atoms with Crippen molar-refractivity contribution in [3.8, 4) is 22.3 Å². The third-order valence-electron chi connectivity index (χ3n) is 3.25. The Morgan fingerprint density at radius 3 is 1.95 bits per heavy atom. The molecule has 0 fully saturated rings. The Hall–Kier alpha value is -1.64. The van der Waals surface area contributed by atoms with Gasteiger partial charge in [-0.1, -0.05) is 48.5 Å². The molecule has 0 nitrogen and oxygen atoms in total. The summed E-state index contributed by atoms with van der Waals surface area (Å²) in [5, 5.41) is 0. The van der Waals surface area contributed by atoms with Crippen LogP contribution in [0.1, 0.15) is 0 Å². The van der Waals surface area contributed by atoms with Gasteiger partial charge >= 0.3 is 0 Å². The van der Waals surface area contributed by atoms with E-state index in [-0.39, 0.29) is 0 Å². The molecule has 20 heavy (non-hydrogen) atoms. The molecule has 0 aliphatic rings. The second-order valence-corrected chi connectivity index (χ2v) is 5.68. The van der Waals surface area contributed by atoms with Gasteiger partial charge in [0.25, 0.3) is 0 Å². The molecule has 3 aromatic rings. The summed E-state index contributed by atoms with van der Waals surface area (Å²) in [5.74, 6) is 0. The predicted molar refractivity (Wildman–Crippen MR) is 91.8 cm³/mol. The summed E-state index contributed by atoms with van der Waals surface area (Å²) in [4.78, 5) is 1.93. The fourth-order valence-electron chi connectivity index (χ4n) is 2.31. The summed E-state index contributed by atoms with van der Waals surface area (Å²) < 4.78 is 0. The lowest BCUT2D eigenvalue weighted by atomic mass is 9.95. The molecule has 0 saturated carbocycles. The van der Waals surface area contributed by atoms with E-state index in [9.17, 15) is 0 Å². The molecule has 3 aromatic carbocycles. The third kappa shape index (κ3) is 2.77. The Labute approximate surface area is 130 Å². The molecule has 0 unspecified atom stereocenters. The van der Waals surface area contributed by atoms with Crippen LogP contribution in [0.4, 0.5) is 0 Å². The quantitative estimate of drug-likeness (QED) is 0.565. The van der Waals surface area contributed by atoms with Crippen molar-refractivity contribution in [3.63, 3.8) is 0 Å². The Morgan fingerprint density at radius 1 is 0.500 bits per heavy atom. The molecule has 0 aliphatic carbocycles. The van der Waals surface area contributed by atoms with Crippen LogP contribution in [-0.4, -0.2) is 0 Å². The van der Waals surface area contributed by atoms with Gasteiger partial charge in [0.05, 0.1) is 0 Å². The van der Waals surface area contributed by atoms with Gasteiger partial charge in [0.15, 0.2) is 0 Å². The van der Waals surface area contributed by atoms with Crippen molar-refractivity contribution < 1.29 is 0 Å². The average molecular weight is 294 g/mol. The number of hydrogen-bond donors (Lipinski definition) is 2. The zero-order chi connectivity index (χ0) is 13.9. The van der Waals surface area contributed by atoms with Crippen LogP contribution in [0.25, 0.3) is 22.3 Å². The first-order valence-electron chi connectivity index (χ1n) is 6.42. The van der Waals surface area contributed by atoms with Gasteiger partial charge in [-0.25, -0.2) is 0 Å². The number of rotatable bonds is 2. The summed E-state index contributed by atoms with van der Waals surface area (Å²) in [5.41, 5.74) is 4.76. The standard InChI is InChI=1S/C18H14S2/c19-15-8-4-7-14(11-15)18-12-16(20)9-10-17(18)13-5-2-1-3-6-13/h1-12,19-20H. The molecular weight excluding hydrogens is 280 g/mol. The van der Waals surface area contributed by atoms with Gasteiger partial charge in [-0.3, -0.25) is 0 Å². The zero-order valence-electron chi connectivity index (χ0n) is 10.8. The molecule has 0 aliphatic heterocycles. The van der Waals surface area contributed by atoms with E-state index in [1.165, 1.54) is 16.7 Å². The van der Waals surface area contributed by atoms with Crippen molar-refractivity contribution in [3.05, 3.63) is 72.8 Å². The van der Waals surface area contributed by atoms with Gasteiger partial charge < -0.3 is 0 Å². The second kappa shape index (κ2) is 5.78. The molecule has 0 bridgehead atoms. The normalized spacial score (nSPS) is 10.5. The molecule has 3 rings (SSSR count). The Bertz CT molecular complexity index is 733. The maximum atomic E-state index is 4.47. The molecule has 0 aromatic heterocycles. The van der Waals surface area contributed by atoms with E-state index < -0.39 is 0 Å². The Balaban J connectivity index is 2.22. The van der Waals surface area contributed by atoms with Gasteiger partial charge in [-0.05, 0) is 46.5 Å². The Morgan fingerprint density at radius 2 is 1.20 bits per heavy atom. The molecule has 0 amide bonds. The van der Waals surface area contributed by atoms with Crippen LogP contribution in [0, 0.1) is 0 Å². The van der Waals surface area contributed by atoms with Crippen LogP contribution in [0.15, 0.2) is 82.6 Å². The molecule has 0 N–H and O–H groups in total. The van der Waals surface area contributed by atoms with Crippen molar-refractivity contribution in [2.24, 2.45) is 0 Å². The number of thiol groups is 2. The molecule has 0 atom stereocenters. The monoisotopic (exact) mass is 294 g/mol. The molecule has 0 spiro atoms. The van der Waals surface area contributed by atoms with Gasteiger partial charge in [0.1, 0.15) is 0 Å². The van der Waals surface area contributed by atoms with E-state index in [0.29, 0.717) is 0 Å². The van der Waals surface area contributed by atoms with Gasteiger partial charge in [-0.2, -0.15) is 0 Å². The van der Waals surface area contributed by atoms with Crippen LogP contribution < -0.4 is 0 Å². The summed E-state index contributed by atoms with van der Waals surface area (Å²) in [7, 11) is 0. The summed E-state index contributed by atoms with van der Waals surface area (Å²) in [6, 6.07) is 24.9. The first-order chi connectivity index (χ1) is 9.74. The third-order valence-corrected chi connectivity index (χ3v) is 3.80. The van der Waals surface area contributed by atoms with Crippen LogP contribution in [0.2, 0.25) is 0 Å². The summed E-state index contributed by atoms with van der Waals surface area (Å²) in [6.45, 7) is 0. The average Bonchev–Trinajstić information content (AvgIpc) is 2.48. The highest BCUT2D eigenvalue weighted by Gasteiger charge is 2.08. The molecule has 2 heteroatoms. The van der Waals surface area contributed by atoms with Crippen LogP contribution in [0.5, 0.6) is 0 Å². The summed E-state index contributed by atoms with van der Waals surface area (Å²) >= 11 is 8.90. The lowest BCUT2D eigenvalue weighted by Gasteiger charge is -2.11. The zero-order valence-corrected chi connectivity index (χ0v) is 12.6. The highest BCUT2D eigenvalue weighted by molar-refractivity contribution is 7.80. The fourth-order valence-corrected chi connectivity index (χ4v) is 2.74. The first-order valence-corrected chi connectivity index (χ1v) is 7.31. The molecule has 0 saturated heterocycles. The molecular formula is C18H14S2. The smallest absolute Gasteiger partial charge is 0.00465 e. The first kappa shape index (κ1) is 13.3. The molecule has 0 heterocycles. The van der Waals surface area contributed by atoms with Crippen molar-refractivity contribution in [2.45, 2.75) is 9.79 Å². The van der Waals surface area contributed by atoms with E-state index in [1.807, 2.05) is 24.3 Å². The maximum Gasteiger partial charge on any atom is 0.00465 e. The van der Waals surface area contributed by atoms with Crippen LogP contribution >= 0.6 is 25.3 Å². The van der Waals surface area contributed by atoms with E-state index in [2.05, 4.69) is 73.8 Å². The van der Waals surface area contributed by atoms with Crippen molar-refractivity contribution in [1.82, 2.24) is 0 Å². The highest BCUT2D eigenvalue weighted by Crippen LogP contribution is 2.34. The van der Waals surface area contributed by atoms with Crippen molar-refractivity contribution in [2.75, 3.05) is 0 Å². The maximum absolute atomic E-state index is 4.47. The van der Waals surface area contributed by atoms with E-state index in [1.54, 1.807) is 0 Å². The minimum Gasteiger partial charge on any atom is -0.143 e. The van der Waals surface area contributed by atoms with Crippen molar-refractivity contribution >= 4 is 25.3 Å².